The van der Waals surface area contributed by atoms with Crippen molar-refractivity contribution in [3.63, 3.8) is 0 Å². The molecule has 5 heteroatoms. The molecule has 2 rings (SSSR count). The number of nitrogens with zero attached hydrogens (tertiary/aromatic N) is 2. The Bertz CT molecular complexity index is 441. The molecule has 0 aliphatic carbocycles. The van der Waals surface area contributed by atoms with Crippen LogP contribution in [0.25, 0.3) is 0 Å². The molecule has 1 aromatic rings. The molecule has 0 atom stereocenters. The summed E-state index contributed by atoms with van der Waals surface area (Å²) in [7, 11) is 1.68. The Balaban J connectivity index is 2.06. The quantitative estimate of drug-likeness (QED) is 0.833. The van der Waals surface area contributed by atoms with Crippen LogP contribution in [0.1, 0.15) is 42.3 Å². The Morgan fingerprint density at radius 3 is 2.84 bits per heavy atom. The maximum Gasteiger partial charge on any atom is 0.225 e. The number of carbonyl (C=O) groups excluding carboxylic acids is 1. The first-order valence-corrected chi connectivity index (χ1v) is 7.76. The van der Waals surface area contributed by atoms with Crippen LogP contribution in [0, 0.1) is 5.92 Å². The van der Waals surface area contributed by atoms with Crippen LogP contribution < -0.4 is 0 Å². The average Bonchev–Trinajstić information content (AvgIpc) is 2.81. The molecule has 0 saturated heterocycles. The van der Waals surface area contributed by atoms with E-state index in [1.54, 1.807) is 18.4 Å². The minimum atomic E-state index is 0.174. The van der Waals surface area contributed by atoms with Gasteiger partial charge in [0.2, 0.25) is 5.91 Å². The Hall–Kier alpha value is -0.940. The smallest absolute Gasteiger partial charge is 0.225 e. The van der Waals surface area contributed by atoms with Crippen molar-refractivity contribution in [2.75, 3.05) is 13.7 Å². The normalized spacial score (nSPS) is 14.8. The van der Waals surface area contributed by atoms with Gasteiger partial charge in [-0.25, -0.2) is 4.98 Å². The molecule has 1 amide bonds. The summed E-state index contributed by atoms with van der Waals surface area (Å²) in [6, 6.07) is 0. The molecule has 19 heavy (non-hydrogen) atoms. The number of hydrogen-bond acceptors (Lipinski definition) is 4. The fourth-order valence-corrected chi connectivity index (χ4v) is 3.62. The second-order valence-corrected chi connectivity index (χ2v) is 6.10. The van der Waals surface area contributed by atoms with Gasteiger partial charge in [-0.05, 0) is 12.8 Å². The van der Waals surface area contributed by atoms with Crippen molar-refractivity contribution >= 4 is 17.2 Å². The molecule has 4 nitrogen and oxygen atoms in total. The number of amides is 1. The molecule has 0 N–H and O–H groups in total. The zero-order valence-electron chi connectivity index (χ0n) is 11.9. The highest BCUT2D eigenvalue weighted by atomic mass is 32.1. The van der Waals surface area contributed by atoms with E-state index >= 15 is 0 Å². The van der Waals surface area contributed by atoms with Gasteiger partial charge in [-0.3, -0.25) is 4.79 Å². The minimum absolute atomic E-state index is 0.174. The van der Waals surface area contributed by atoms with Crippen LogP contribution in [0.5, 0.6) is 0 Å². The van der Waals surface area contributed by atoms with Gasteiger partial charge in [0.1, 0.15) is 5.01 Å². The van der Waals surface area contributed by atoms with Crippen molar-refractivity contribution in [3.8, 4) is 0 Å². The lowest BCUT2D eigenvalue weighted by Gasteiger charge is -2.29. The molecule has 1 aliphatic rings. The predicted molar refractivity (Wildman–Crippen MR) is 76.0 cm³/mol. The zero-order chi connectivity index (χ0) is 13.8. The SMILES string of the molecule is CCC(CC)C(=O)N1CCc2nc(COC)sc2C1. The second kappa shape index (κ2) is 6.48. The van der Waals surface area contributed by atoms with Crippen LogP contribution >= 0.6 is 11.3 Å². The van der Waals surface area contributed by atoms with E-state index in [2.05, 4.69) is 18.8 Å². The highest BCUT2D eigenvalue weighted by molar-refractivity contribution is 7.11. The van der Waals surface area contributed by atoms with Gasteiger partial charge >= 0.3 is 0 Å². The molecule has 0 saturated carbocycles. The van der Waals surface area contributed by atoms with Crippen LogP contribution in [0.15, 0.2) is 0 Å². The molecule has 0 bridgehead atoms. The summed E-state index contributed by atoms with van der Waals surface area (Å²) < 4.78 is 5.12. The van der Waals surface area contributed by atoms with Gasteiger partial charge in [0.15, 0.2) is 0 Å². The minimum Gasteiger partial charge on any atom is -0.378 e. The third-order valence-corrected chi connectivity index (χ3v) is 4.75. The van der Waals surface area contributed by atoms with E-state index in [0.29, 0.717) is 12.5 Å². The highest BCUT2D eigenvalue weighted by Crippen LogP contribution is 2.27. The topological polar surface area (TPSA) is 42.4 Å². The largest absolute Gasteiger partial charge is 0.378 e. The first-order valence-electron chi connectivity index (χ1n) is 6.94. The van der Waals surface area contributed by atoms with Gasteiger partial charge in [0, 0.05) is 30.9 Å². The van der Waals surface area contributed by atoms with Gasteiger partial charge in [-0.1, -0.05) is 13.8 Å². The van der Waals surface area contributed by atoms with Gasteiger partial charge in [-0.2, -0.15) is 0 Å². The van der Waals surface area contributed by atoms with Gasteiger partial charge in [0.05, 0.1) is 18.8 Å². The standard InChI is InChI=1S/C14H22N2O2S/c1-4-10(5-2)14(17)16-7-6-11-12(8-16)19-13(15-11)9-18-3/h10H,4-9H2,1-3H3. The molecular formula is C14H22N2O2S. The number of thiazole rings is 1. The van der Waals surface area contributed by atoms with Gasteiger partial charge < -0.3 is 9.64 Å². The molecule has 0 radical (unpaired) electrons. The summed E-state index contributed by atoms with van der Waals surface area (Å²) in [5, 5.41) is 1.02. The molecule has 1 aliphatic heterocycles. The van der Waals surface area contributed by atoms with Crippen LogP contribution in [0.2, 0.25) is 0 Å². The van der Waals surface area contributed by atoms with E-state index in [9.17, 15) is 4.79 Å². The van der Waals surface area contributed by atoms with Crippen LogP contribution in [-0.4, -0.2) is 29.4 Å². The monoisotopic (exact) mass is 282 g/mol. The first kappa shape index (κ1) is 14.5. The first-order chi connectivity index (χ1) is 9.19. The predicted octanol–water partition coefficient (Wildman–Crippen LogP) is 2.61. The van der Waals surface area contributed by atoms with Crippen molar-refractivity contribution < 1.29 is 9.53 Å². The fourth-order valence-electron chi connectivity index (χ4n) is 2.52. The number of carbonyl (C=O) groups is 1. The Morgan fingerprint density at radius 1 is 1.47 bits per heavy atom. The van der Waals surface area contributed by atoms with E-state index in [1.807, 2.05) is 4.90 Å². The average molecular weight is 282 g/mol. The number of fused-ring (bicyclic) bond motifs is 1. The summed E-state index contributed by atoms with van der Waals surface area (Å²) in [6.45, 7) is 6.28. The lowest BCUT2D eigenvalue weighted by atomic mass is 10.0. The number of rotatable bonds is 5. The third kappa shape index (κ3) is 3.15. The van der Waals surface area contributed by atoms with Crippen molar-refractivity contribution in [3.05, 3.63) is 15.6 Å². The Kier molecular flexibility index (Phi) is 4.93. The Morgan fingerprint density at radius 2 is 2.21 bits per heavy atom. The fraction of sp³-hybridized carbons (Fsp3) is 0.714. The lowest BCUT2D eigenvalue weighted by Crippen LogP contribution is -2.39. The molecule has 0 aromatic carbocycles. The van der Waals surface area contributed by atoms with E-state index in [1.165, 1.54) is 4.88 Å². The maximum atomic E-state index is 12.4. The van der Waals surface area contributed by atoms with Crippen LogP contribution in [-0.2, 0) is 29.1 Å². The lowest BCUT2D eigenvalue weighted by molar-refractivity contribution is -0.136. The number of methoxy groups -OCH3 is 1. The summed E-state index contributed by atoms with van der Waals surface area (Å²) in [5.74, 6) is 0.477. The molecule has 1 aromatic heterocycles. The summed E-state index contributed by atoms with van der Waals surface area (Å²) >= 11 is 1.68. The Labute approximate surface area is 118 Å². The van der Waals surface area contributed by atoms with Crippen molar-refractivity contribution in [2.24, 2.45) is 5.92 Å². The van der Waals surface area contributed by atoms with E-state index < -0.39 is 0 Å². The molecule has 0 fully saturated rings. The highest BCUT2D eigenvalue weighted by Gasteiger charge is 2.27. The molecular weight excluding hydrogens is 260 g/mol. The number of aromatic nitrogens is 1. The molecule has 0 unspecified atom stereocenters. The molecule has 106 valence electrons. The van der Waals surface area contributed by atoms with Crippen LogP contribution in [0.4, 0.5) is 0 Å². The van der Waals surface area contributed by atoms with Crippen molar-refractivity contribution in [1.29, 1.82) is 0 Å². The van der Waals surface area contributed by atoms with Gasteiger partial charge in [-0.15, -0.1) is 11.3 Å². The maximum absolute atomic E-state index is 12.4. The van der Waals surface area contributed by atoms with Crippen molar-refractivity contribution in [1.82, 2.24) is 9.88 Å². The van der Waals surface area contributed by atoms with Gasteiger partial charge in [0.25, 0.3) is 0 Å². The summed E-state index contributed by atoms with van der Waals surface area (Å²) in [6.07, 6.45) is 2.73. The molecule has 2 heterocycles. The van der Waals surface area contributed by atoms with E-state index in [0.717, 1.165) is 43.1 Å². The third-order valence-electron chi connectivity index (χ3n) is 3.69. The molecule has 0 spiro atoms. The number of ether oxygens (including phenoxy) is 1. The summed E-state index contributed by atoms with van der Waals surface area (Å²) in [4.78, 5) is 20.2. The van der Waals surface area contributed by atoms with E-state index in [-0.39, 0.29) is 5.92 Å². The second-order valence-electron chi connectivity index (χ2n) is 4.93. The van der Waals surface area contributed by atoms with E-state index in [4.69, 9.17) is 4.74 Å². The van der Waals surface area contributed by atoms with Crippen molar-refractivity contribution in [2.45, 2.75) is 46.3 Å². The summed E-state index contributed by atoms with van der Waals surface area (Å²) in [5.41, 5.74) is 1.16. The number of hydrogen-bond donors (Lipinski definition) is 0. The zero-order valence-corrected chi connectivity index (χ0v) is 12.8. The van der Waals surface area contributed by atoms with Crippen LogP contribution in [0.3, 0.4) is 0 Å².